The maximum atomic E-state index is 13.2. The molecule has 0 radical (unpaired) electrons. The minimum atomic E-state index is -1.71. The number of aromatic hydroxyl groups is 2. The number of carboxylic acid groups (broad SMARTS) is 1. The molecule has 0 atom stereocenters. The number of aromatic carboxylic acids is 1. The Balaban J connectivity index is 2.23. The molecule has 1 aliphatic rings. The van der Waals surface area contributed by atoms with Gasteiger partial charge in [0.1, 0.15) is 11.5 Å². The lowest BCUT2D eigenvalue weighted by Gasteiger charge is -2.35. The zero-order chi connectivity index (χ0) is 25.5. The Bertz CT molecular complexity index is 1280. The fourth-order valence-electron chi connectivity index (χ4n) is 5.17. The number of fused-ring (bicyclic) bond motifs is 1. The molecule has 6 nitrogen and oxygen atoms in total. The highest BCUT2D eigenvalue weighted by atomic mass is 16.6. The lowest BCUT2D eigenvalue weighted by molar-refractivity contribution is 0.0235. The van der Waals surface area contributed by atoms with Crippen molar-refractivity contribution in [2.75, 3.05) is 0 Å². The fraction of sp³-hybridized carbons (Fsp3) is 0.310. The summed E-state index contributed by atoms with van der Waals surface area (Å²) in [6, 6.07) is 11.4. The highest BCUT2D eigenvalue weighted by molar-refractivity contribution is 5.99. The third-order valence-corrected chi connectivity index (χ3v) is 6.91. The first-order valence-corrected chi connectivity index (χ1v) is 12.0. The number of carbonyl (C=O) groups excluding carboxylic acids is 1. The van der Waals surface area contributed by atoms with Crippen LogP contribution < -0.4 is 0 Å². The lowest BCUT2D eigenvalue weighted by atomic mass is 9.73. The van der Waals surface area contributed by atoms with Crippen LogP contribution in [0.25, 0.3) is 0 Å². The van der Waals surface area contributed by atoms with E-state index in [1.165, 1.54) is 18.2 Å². The number of aryl methyl sites for hydroxylation is 4. The predicted octanol–water partition coefficient (Wildman–Crippen LogP) is 5.51. The third kappa shape index (κ3) is 3.73. The first kappa shape index (κ1) is 24.3. The van der Waals surface area contributed by atoms with Gasteiger partial charge in [-0.05, 0) is 78.3 Å². The van der Waals surface area contributed by atoms with Crippen LogP contribution in [0.5, 0.6) is 11.5 Å². The number of ether oxygens (including phenoxy) is 1. The number of carboxylic acids is 1. The summed E-state index contributed by atoms with van der Waals surface area (Å²) in [6.07, 6.45) is 2.45. The number of phenolic OH excluding ortho intramolecular Hbond substituents is 2. The second-order valence-corrected chi connectivity index (χ2v) is 8.85. The molecule has 0 saturated carbocycles. The molecule has 0 spiro atoms. The molecule has 0 amide bonds. The number of esters is 1. The number of hydrogen-bond donors (Lipinski definition) is 3. The molecule has 1 aliphatic heterocycles. The Hall–Kier alpha value is -3.80. The Morgan fingerprint density at radius 3 is 1.74 bits per heavy atom. The van der Waals surface area contributed by atoms with Gasteiger partial charge in [0, 0.05) is 16.7 Å². The minimum Gasteiger partial charge on any atom is -0.507 e. The van der Waals surface area contributed by atoms with Crippen LogP contribution in [0.1, 0.15) is 87.4 Å². The molecule has 3 aromatic rings. The summed E-state index contributed by atoms with van der Waals surface area (Å²) in [7, 11) is 0. The van der Waals surface area contributed by atoms with Crippen molar-refractivity contribution in [3.8, 4) is 11.5 Å². The van der Waals surface area contributed by atoms with Crippen molar-refractivity contribution in [1.29, 1.82) is 0 Å². The van der Waals surface area contributed by atoms with Crippen LogP contribution in [0.2, 0.25) is 0 Å². The van der Waals surface area contributed by atoms with Gasteiger partial charge in [-0.2, -0.15) is 0 Å². The molecule has 0 fully saturated rings. The van der Waals surface area contributed by atoms with E-state index in [2.05, 4.69) is 0 Å². The molecule has 0 bridgehead atoms. The van der Waals surface area contributed by atoms with E-state index in [0.717, 1.165) is 22.3 Å². The van der Waals surface area contributed by atoms with Gasteiger partial charge in [0.2, 0.25) is 0 Å². The van der Waals surface area contributed by atoms with Crippen molar-refractivity contribution >= 4 is 11.9 Å². The van der Waals surface area contributed by atoms with E-state index in [4.69, 9.17) is 4.74 Å². The molecule has 35 heavy (non-hydrogen) atoms. The van der Waals surface area contributed by atoms with Gasteiger partial charge in [0.25, 0.3) is 0 Å². The van der Waals surface area contributed by atoms with Crippen LogP contribution in [-0.4, -0.2) is 27.3 Å². The molecule has 0 saturated heterocycles. The summed E-state index contributed by atoms with van der Waals surface area (Å²) >= 11 is 0. The summed E-state index contributed by atoms with van der Waals surface area (Å²) in [5, 5.41) is 32.5. The molecule has 4 rings (SSSR count). The van der Waals surface area contributed by atoms with E-state index in [9.17, 15) is 24.9 Å². The van der Waals surface area contributed by atoms with Gasteiger partial charge >= 0.3 is 11.9 Å². The minimum absolute atomic E-state index is 0.0168. The van der Waals surface area contributed by atoms with Crippen LogP contribution >= 0.6 is 0 Å². The number of carbonyl (C=O) groups is 2. The molecule has 182 valence electrons. The number of benzene rings is 3. The van der Waals surface area contributed by atoms with Crippen molar-refractivity contribution in [3.63, 3.8) is 0 Å². The highest BCUT2D eigenvalue weighted by Crippen LogP contribution is 2.54. The van der Waals surface area contributed by atoms with E-state index in [1.807, 2.05) is 39.8 Å². The monoisotopic (exact) mass is 474 g/mol. The van der Waals surface area contributed by atoms with Gasteiger partial charge in [-0.15, -0.1) is 0 Å². The summed E-state index contributed by atoms with van der Waals surface area (Å²) in [5.41, 5.74) is 2.82. The van der Waals surface area contributed by atoms with E-state index < -0.39 is 17.5 Å². The van der Waals surface area contributed by atoms with E-state index in [0.29, 0.717) is 42.4 Å². The Morgan fingerprint density at radius 1 is 0.800 bits per heavy atom. The molecular weight excluding hydrogens is 444 g/mol. The molecule has 3 aromatic carbocycles. The van der Waals surface area contributed by atoms with Crippen molar-refractivity contribution in [2.45, 2.75) is 59.0 Å². The predicted molar refractivity (Wildman–Crippen MR) is 132 cm³/mol. The van der Waals surface area contributed by atoms with Gasteiger partial charge in [0.15, 0.2) is 5.60 Å². The first-order chi connectivity index (χ1) is 16.7. The van der Waals surface area contributed by atoms with Crippen LogP contribution in [0.15, 0.2) is 42.5 Å². The largest absolute Gasteiger partial charge is 0.507 e. The average Bonchev–Trinajstić information content (AvgIpc) is 3.14. The highest BCUT2D eigenvalue weighted by Gasteiger charge is 2.53. The molecule has 0 aromatic heterocycles. The summed E-state index contributed by atoms with van der Waals surface area (Å²) in [5.74, 6) is -1.92. The van der Waals surface area contributed by atoms with Gasteiger partial charge in [-0.1, -0.05) is 39.8 Å². The van der Waals surface area contributed by atoms with Gasteiger partial charge < -0.3 is 20.1 Å². The maximum Gasteiger partial charge on any atom is 0.340 e. The van der Waals surface area contributed by atoms with E-state index in [-0.39, 0.29) is 22.6 Å². The van der Waals surface area contributed by atoms with E-state index >= 15 is 0 Å². The molecular formula is C29H30O6. The number of hydrogen-bond acceptors (Lipinski definition) is 5. The second-order valence-electron chi connectivity index (χ2n) is 8.85. The SMILES string of the molecule is CCc1cc(O)c(C2(c3c(O)cc(CC)cc3CC)OC(=O)c3ccc(C(=O)O)cc32)c(CC)c1. The van der Waals surface area contributed by atoms with Gasteiger partial charge in [0.05, 0.1) is 11.1 Å². The van der Waals surface area contributed by atoms with Crippen molar-refractivity contribution < 1.29 is 29.6 Å². The number of rotatable bonds is 7. The van der Waals surface area contributed by atoms with Crippen molar-refractivity contribution in [3.05, 3.63) is 92.5 Å². The summed E-state index contributed by atoms with van der Waals surface area (Å²) < 4.78 is 6.17. The fourth-order valence-corrected chi connectivity index (χ4v) is 5.17. The zero-order valence-corrected chi connectivity index (χ0v) is 20.4. The normalized spacial score (nSPS) is 14.0. The summed E-state index contributed by atoms with van der Waals surface area (Å²) in [4.78, 5) is 25.1. The Kier molecular flexibility index (Phi) is 6.32. The Labute approximate surface area is 204 Å². The molecule has 6 heteroatoms. The van der Waals surface area contributed by atoms with Crippen LogP contribution in [-0.2, 0) is 36.0 Å². The van der Waals surface area contributed by atoms with Crippen LogP contribution in [0, 0.1) is 0 Å². The van der Waals surface area contributed by atoms with Gasteiger partial charge in [-0.25, -0.2) is 9.59 Å². The topological polar surface area (TPSA) is 104 Å². The van der Waals surface area contributed by atoms with Crippen LogP contribution in [0.4, 0.5) is 0 Å². The molecule has 1 heterocycles. The number of phenols is 2. The zero-order valence-electron chi connectivity index (χ0n) is 20.4. The van der Waals surface area contributed by atoms with E-state index in [1.54, 1.807) is 12.1 Å². The number of cyclic esters (lactones) is 1. The third-order valence-electron chi connectivity index (χ3n) is 6.91. The quantitative estimate of drug-likeness (QED) is 0.390. The standard InChI is InChI=1S/C29H30O6/c1-5-16-11-18(7-3)25(23(30)13-16)29(26-19(8-4)12-17(6-2)14-24(26)31)22-15-20(27(32)33)9-10-21(22)28(34)35-29/h9-15,30-31H,5-8H2,1-4H3,(H,32,33). The average molecular weight is 475 g/mol. The Morgan fingerprint density at radius 2 is 1.31 bits per heavy atom. The molecule has 0 unspecified atom stereocenters. The smallest absolute Gasteiger partial charge is 0.340 e. The van der Waals surface area contributed by atoms with Gasteiger partial charge in [-0.3, -0.25) is 0 Å². The van der Waals surface area contributed by atoms with Crippen molar-refractivity contribution in [1.82, 2.24) is 0 Å². The molecule has 0 aliphatic carbocycles. The summed E-state index contributed by atoms with van der Waals surface area (Å²) in [6.45, 7) is 7.85. The first-order valence-electron chi connectivity index (χ1n) is 12.0. The molecule has 3 N–H and O–H groups in total. The maximum absolute atomic E-state index is 13.2. The lowest BCUT2D eigenvalue weighted by Crippen LogP contribution is -2.33. The van der Waals surface area contributed by atoms with Crippen molar-refractivity contribution in [2.24, 2.45) is 0 Å². The van der Waals surface area contributed by atoms with Crippen LogP contribution in [0.3, 0.4) is 0 Å². The second kappa shape index (κ2) is 9.10.